The maximum absolute atomic E-state index is 12.5. The normalized spacial score (nSPS) is 12.6. The van der Waals surface area contributed by atoms with E-state index < -0.39 is 30.4 Å². The van der Waals surface area contributed by atoms with Crippen molar-refractivity contribution in [3.05, 3.63) is 23.8 Å². The molecule has 1 amide bonds. The zero-order chi connectivity index (χ0) is 16.0. The van der Waals surface area contributed by atoms with E-state index in [2.05, 4.69) is 15.3 Å². The summed E-state index contributed by atoms with van der Waals surface area (Å²) in [4.78, 5) is 30.3. The first-order valence-electron chi connectivity index (χ1n) is 6.30. The molecule has 116 valence electrons. The molecule has 2 N–H and O–H groups in total. The quantitative estimate of drug-likeness (QED) is 0.853. The maximum Gasteiger partial charge on any atom is 0.408 e. The van der Waals surface area contributed by atoms with Crippen molar-refractivity contribution in [1.29, 1.82) is 0 Å². The average Bonchev–Trinajstić information content (AvgIpc) is 2.36. The summed E-state index contributed by atoms with van der Waals surface area (Å²) in [7, 11) is 0. The fraction of sp³-hybridized carbons (Fsp3) is 0.538. The largest absolute Gasteiger partial charge is 0.480 e. The molecule has 0 saturated heterocycles. The monoisotopic (exact) mass is 299 g/mol. The van der Waals surface area contributed by atoms with Crippen LogP contribution in [0, 0.1) is 0 Å². The maximum atomic E-state index is 12.5. The Hall–Kier alpha value is -2.25. The van der Waals surface area contributed by atoms with Crippen molar-refractivity contribution in [2.45, 2.75) is 45.5 Å². The Kier molecular flexibility index (Phi) is 5.57. The molecule has 0 radical (unpaired) electrons. The summed E-state index contributed by atoms with van der Waals surface area (Å²) >= 11 is 0. The first kappa shape index (κ1) is 16.8. The number of alkyl halides is 1. The van der Waals surface area contributed by atoms with Crippen molar-refractivity contribution in [1.82, 2.24) is 15.3 Å². The second-order valence-corrected chi connectivity index (χ2v) is 5.34. The predicted octanol–water partition coefficient (Wildman–Crippen LogP) is 1.47. The molecule has 0 aromatic carbocycles. The predicted molar refractivity (Wildman–Crippen MR) is 71.3 cm³/mol. The Labute approximate surface area is 121 Å². The number of carboxylic acids is 1. The van der Waals surface area contributed by atoms with Crippen LogP contribution in [-0.4, -0.2) is 38.8 Å². The van der Waals surface area contributed by atoms with Crippen LogP contribution in [0.4, 0.5) is 9.18 Å². The van der Waals surface area contributed by atoms with Gasteiger partial charge in [0, 0.05) is 18.3 Å². The molecule has 1 aromatic heterocycles. The summed E-state index contributed by atoms with van der Waals surface area (Å²) in [5, 5.41) is 11.4. The fourth-order valence-electron chi connectivity index (χ4n) is 1.48. The van der Waals surface area contributed by atoms with Gasteiger partial charge in [-0.05, 0) is 26.8 Å². The van der Waals surface area contributed by atoms with Gasteiger partial charge >= 0.3 is 12.1 Å². The molecule has 1 heterocycles. The van der Waals surface area contributed by atoms with E-state index in [0.717, 1.165) is 0 Å². The highest BCUT2D eigenvalue weighted by Gasteiger charge is 2.24. The van der Waals surface area contributed by atoms with Crippen LogP contribution in [-0.2, 0) is 22.6 Å². The Bertz CT molecular complexity index is 516. The lowest BCUT2D eigenvalue weighted by molar-refractivity contribution is -0.139. The van der Waals surface area contributed by atoms with E-state index in [0.29, 0.717) is 5.69 Å². The number of carbonyl (C=O) groups excluding carboxylic acids is 1. The number of aliphatic carboxylic acids is 1. The number of carboxylic acid groups (broad SMARTS) is 1. The molecule has 0 saturated carbocycles. The molecule has 0 aliphatic heterocycles. The molecule has 0 aliphatic rings. The van der Waals surface area contributed by atoms with Gasteiger partial charge in [0.05, 0.1) is 0 Å². The van der Waals surface area contributed by atoms with Crippen LogP contribution in [0.5, 0.6) is 0 Å². The molecular formula is C13H18FN3O4. The molecule has 0 unspecified atom stereocenters. The van der Waals surface area contributed by atoms with Crippen LogP contribution in [0.1, 0.15) is 32.3 Å². The number of carbonyl (C=O) groups is 2. The van der Waals surface area contributed by atoms with Gasteiger partial charge in [-0.25, -0.2) is 23.9 Å². The number of ether oxygens (including phenoxy) is 1. The molecule has 7 nitrogen and oxygen atoms in total. The van der Waals surface area contributed by atoms with Gasteiger partial charge in [-0.1, -0.05) is 0 Å². The molecule has 1 aromatic rings. The molecule has 0 spiro atoms. The SMILES string of the molecule is CC(C)(C)OC(=O)N[C@@H](Cc1ccnc(CF)n1)C(=O)O. The van der Waals surface area contributed by atoms with Crippen molar-refractivity contribution in [2.24, 2.45) is 0 Å². The Morgan fingerprint density at radius 1 is 1.48 bits per heavy atom. The van der Waals surface area contributed by atoms with Crippen LogP contribution in [0.3, 0.4) is 0 Å². The number of nitrogens with one attached hydrogen (secondary N) is 1. The minimum atomic E-state index is -1.23. The van der Waals surface area contributed by atoms with Crippen LogP contribution in [0.25, 0.3) is 0 Å². The topological polar surface area (TPSA) is 101 Å². The molecule has 0 aliphatic carbocycles. The number of hydrogen-bond acceptors (Lipinski definition) is 5. The van der Waals surface area contributed by atoms with E-state index in [-0.39, 0.29) is 12.2 Å². The van der Waals surface area contributed by atoms with E-state index in [1.807, 2.05) is 0 Å². The summed E-state index contributed by atoms with van der Waals surface area (Å²) in [5.41, 5.74) is -0.412. The van der Waals surface area contributed by atoms with Gasteiger partial charge in [0.15, 0.2) is 5.82 Å². The van der Waals surface area contributed by atoms with Crippen molar-refractivity contribution >= 4 is 12.1 Å². The smallest absolute Gasteiger partial charge is 0.408 e. The minimum Gasteiger partial charge on any atom is -0.480 e. The van der Waals surface area contributed by atoms with Crippen molar-refractivity contribution in [3.8, 4) is 0 Å². The third-order valence-electron chi connectivity index (χ3n) is 2.28. The van der Waals surface area contributed by atoms with Crippen LogP contribution >= 0.6 is 0 Å². The lowest BCUT2D eigenvalue weighted by atomic mass is 10.1. The number of halogens is 1. The van der Waals surface area contributed by atoms with Gasteiger partial charge < -0.3 is 15.2 Å². The van der Waals surface area contributed by atoms with Gasteiger partial charge in [-0.3, -0.25) is 0 Å². The number of nitrogens with zero attached hydrogens (tertiary/aromatic N) is 2. The lowest BCUT2D eigenvalue weighted by Gasteiger charge is -2.21. The minimum absolute atomic E-state index is 0.0334. The van der Waals surface area contributed by atoms with Crippen LogP contribution in [0.2, 0.25) is 0 Å². The highest BCUT2D eigenvalue weighted by atomic mass is 19.1. The highest BCUT2D eigenvalue weighted by molar-refractivity contribution is 5.80. The van der Waals surface area contributed by atoms with E-state index in [1.165, 1.54) is 12.3 Å². The van der Waals surface area contributed by atoms with Crippen LogP contribution < -0.4 is 5.32 Å². The van der Waals surface area contributed by atoms with Gasteiger partial charge in [0.25, 0.3) is 0 Å². The summed E-state index contributed by atoms with van der Waals surface area (Å²) in [5.74, 6) is -1.27. The van der Waals surface area contributed by atoms with Crippen LogP contribution in [0.15, 0.2) is 12.3 Å². The summed E-state index contributed by atoms with van der Waals surface area (Å²) in [6.45, 7) is 4.16. The van der Waals surface area contributed by atoms with Crippen molar-refractivity contribution in [2.75, 3.05) is 0 Å². The summed E-state index contributed by atoms with van der Waals surface area (Å²) in [6.07, 6.45) is 0.406. The van der Waals surface area contributed by atoms with Crippen molar-refractivity contribution < 1.29 is 23.8 Å². The molecule has 1 rings (SSSR count). The molecule has 21 heavy (non-hydrogen) atoms. The zero-order valence-corrected chi connectivity index (χ0v) is 12.1. The number of rotatable bonds is 5. The highest BCUT2D eigenvalue weighted by Crippen LogP contribution is 2.08. The van der Waals surface area contributed by atoms with Gasteiger partial charge in [-0.15, -0.1) is 0 Å². The second-order valence-electron chi connectivity index (χ2n) is 5.34. The van der Waals surface area contributed by atoms with E-state index >= 15 is 0 Å². The molecule has 0 fully saturated rings. The Morgan fingerprint density at radius 2 is 2.14 bits per heavy atom. The van der Waals surface area contributed by atoms with Gasteiger partial charge in [-0.2, -0.15) is 0 Å². The number of hydrogen-bond donors (Lipinski definition) is 2. The summed E-state index contributed by atoms with van der Waals surface area (Å²) in [6, 6.07) is 0.244. The first-order valence-corrected chi connectivity index (χ1v) is 6.30. The number of alkyl carbamates (subject to hydrolysis) is 1. The number of aromatic nitrogens is 2. The first-order chi connectivity index (χ1) is 9.71. The molecule has 1 atom stereocenters. The number of amides is 1. The van der Waals surface area contributed by atoms with E-state index in [1.54, 1.807) is 20.8 Å². The third-order valence-corrected chi connectivity index (χ3v) is 2.28. The third kappa shape index (κ3) is 6.15. The molecule has 8 heteroatoms. The molecule has 0 bridgehead atoms. The van der Waals surface area contributed by atoms with Gasteiger partial charge in [0.2, 0.25) is 0 Å². The van der Waals surface area contributed by atoms with E-state index in [9.17, 15) is 14.0 Å². The second kappa shape index (κ2) is 6.96. The van der Waals surface area contributed by atoms with Crippen molar-refractivity contribution in [3.63, 3.8) is 0 Å². The van der Waals surface area contributed by atoms with Gasteiger partial charge in [0.1, 0.15) is 18.3 Å². The Morgan fingerprint density at radius 3 is 2.67 bits per heavy atom. The average molecular weight is 299 g/mol. The zero-order valence-electron chi connectivity index (χ0n) is 12.1. The standard InChI is InChI=1S/C13H18FN3O4/c1-13(2,3)21-12(20)17-9(11(18)19)6-8-4-5-15-10(7-14)16-8/h4-5,9H,6-7H2,1-3H3,(H,17,20)(H,18,19)/t9-/m0/s1. The van der Waals surface area contributed by atoms with E-state index in [4.69, 9.17) is 9.84 Å². The fourth-order valence-corrected chi connectivity index (χ4v) is 1.48. The summed E-state index contributed by atoms with van der Waals surface area (Å²) < 4.78 is 17.5. The Balaban J connectivity index is 2.74. The molecular weight excluding hydrogens is 281 g/mol. The lowest BCUT2D eigenvalue weighted by Crippen LogP contribution is -2.44.